The molecule has 0 saturated carbocycles. The van der Waals surface area contributed by atoms with Crippen LogP contribution in [0, 0.1) is 11.6 Å². The number of benzene rings is 2. The molecule has 164 valence electrons. The topological polar surface area (TPSA) is 78.5 Å². The van der Waals surface area contributed by atoms with Crippen molar-refractivity contribution in [1.29, 1.82) is 0 Å². The Kier molecular flexibility index (Phi) is 7.91. The van der Waals surface area contributed by atoms with Crippen LogP contribution in [0.1, 0.15) is 50.9 Å². The van der Waals surface area contributed by atoms with Crippen LogP contribution < -0.4 is 10.6 Å². The number of amides is 2. The van der Waals surface area contributed by atoms with Crippen molar-refractivity contribution in [3.05, 3.63) is 65.2 Å². The smallest absolute Gasteiger partial charge is 0.315 e. The summed E-state index contributed by atoms with van der Waals surface area (Å²) in [6.45, 7) is 7.74. The summed E-state index contributed by atoms with van der Waals surface area (Å²) in [5, 5.41) is 5.42. The van der Waals surface area contributed by atoms with Crippen LogP contribution in [-0.4, -0.2) is 31.8 Å². The molecule has 0 aliphatic carbocycles. The number of carbonyl (C=O) groups is 1. The van der Waals surface area contributed by atoms with Gasteiger partial charge in [0.25, 0.3) is 0 Å². The maximum Gasteiger partial charge on any atom is 0.315 e. The first-order valence-corrected chi connectivity index (χ1v) is 11.2. The van der Waals surface area contributed by atoms with Gasteiger partial charge in [0.2, 0.25) is 10.0 Å². The predicted octanol–water partition coefficient (Wildman–Crippen LogP) is 4.12. The second kappa shape index (κ2) is 9.99. The first kappa shape index (κ1) is 23.8. The van der Waals surface area contributed by atoms with E-state index in [0.717, 1.165) is 17.7 Å². The van der Waals surface area contributed by atoms with Crippen LogP contribution in [0.5, 0.6) is 0 Å². The van der Waals surface area contributed by atoms with Gasteiger partial charge in [-0.2, -0.15) is 4.31 Å². The summed E-state index contributed by atoms with van der Waals surface area (Å²) in [7, 11) is -3.54. The lowest BCUT2D eigenvalue weighted by atomic mass is 10.1. The number of urea groups is 1. The van der Waals surface area contributed by atoms with Gasteiger partial charge in [0.05, 0.1) is 17.0 Å². The van der Waals surface area contributed by atoms with Crippen molar-refractivity contribution in [2.45, 2.75) is 44.7 Å². The van der Waals surface area contributed by atoms with E-state index in [2.05, 4.69) is 10.6 Å². The Morgan fingerprint density at radius 1 is 0.900 bits per heavy atom. The monoisotopic (exact) mass is 439 g/mol. The second-order valence-corrected chi connectivity index (χ2v) is 8.83. The summed E-state index contributed by atoms with van der Waals surface area (Å²) in [5.41, 5.74) is 1.16. The Hall–Kier alpha value is -2.52. The highest BCUT2D eigenvalue weighted by Crippen LogP contribution is 2.20. The molecule has 0 saturated heterocycles. The first-order chi connectivity index (χ1) is 14.1. The van der Waals surface area contributed by atoms with Gasteiger partial charge >= 0.3 is 6.03 Å². The minimum Gasteiger partial charge on any atom is -0.332 e. The van der Waals surface area contributed by atoms with Crippen molar-refractivity contribution in [3.63, 3.8) is 0 Å². The third kappa shape index (κ3) is 5.54. The average Bonchev–Trinajstić information content (AvgIpc) is 2.70. The molecule has 2 rings (SSSR count). The fourth-order valence-corrected chi connectivity index (χ4v) is 4.48. The van der Waals surface area contributed by atoms with E-state index in [1.165, 1.54) is 22.5 Å². The van der Waals surface area contributed by atoms with E-state index in [0.29, 0.717) is 18.7 Å². The zero-order valence-corrected chi connectivity index (χ0v) is 18.3. The first-order valence-electron chi connectivity index (χ1n) is 9.72. The average molecular weight is 440 g/mol. The number of rotatable bonds is 8. The van der Waals surface area contributed by atoms with Crippen LogP contribution in [0.3, 0.4) is 0 Å². The summed E-state index contributed by atoms with van der Waals surface area (Å²) < 4.78 is 52.9. The summed E-state index contributed by atoms with van der Waals surface area (Å²) in [4.78, 5) is 12.5. The molecule has 0 unspecified atom stereocenters. The maximum absolute atomic E-state index is 13.4. The number of carbonyl (C=O) groups excluding carboxylic acids is 1. The molecular weight excluding hydrogens is 412 g/mol. The molecule has 0 bridgehead atoms. The largest absolute Gasteiger partial charge is 0.332 e. The molecule has 9 heteroatoms. The van der Waals surface area contributed by atoms with E-state index in [4.69, 9.17) is 0 Å². The fraction of sp³-hybridized carbons (Fsp3) is 0.381. The van der Waals surface area contributed by atoms with Gasteiger partial charge in [-0.1, -0.05) is 32.0 Å². The highest BCUT2D eigenvalue weighted by molar-refractivity contribution is 7.89. The number of hydrogen-bond acceptors (Lipinski definition) is 3. The normalized spacial score (nSPS) is 13.7. The van der Waals surface area contributed by atoms with Crippen LogP contribution in [0.15, 0.2) is 47.4 Å². The van der Waals surface area contributed by atoms with Gasteiger partial charge < -0.3 is 10.6 Å². The minimum absolute atomic E-state index is 0.193. The Morgan fingerprint density at radius 3 is 1.90 bits per heavy atom. The van der Waals surface area contributed by atoms with Gasteiger partial charge in [0, 0.05) is 13.1 Å². The van der Waals surface area contributed by atoms with E-state index >= 15 is 0 Å². The maximum atomic E-state index is 13.4. The summed E-state index contributed by atoms with van der Waals surface area (Å²) >= 11 is 0. The molecule has 30 heavy (non-hydrogen) atoms. The Morgan fingerprint density at radius 2 is 1.40 bits per heavy atom. The number of sulfonamides is 1. The van der Waals surface area contributed by atoms with Crippen molar-refractivity contribution in [3.8, 4) is 0 Å². The van der Waals surface area contributed by atoms with Crippen molar-refractivity contribution >= 4 is 16.1 Å². The van der Waals surface area contributed by atoms with Crippen molar-refractivity contribution in [2.24, 2.45) is 0 Å². The highest BCUT2D eigenvalue weighted by Gasteiger charge is 2.22. The number of halogens is 2. The molecular formula is C21H27F2N3O3S. The van der Waals surface area contributed by atoms with E-state index in [-0.39, 0.29) is 4.90 Å². The van der Waals surface area contributed by atoms with Crippen molar-refractivity contribution < 1.29 is 22.0 Å². The zero-order chi connectivity index (χ0) is 22.5. The Balaban J connectivity index is 2.02. The Bertz CT molecular complexity index is 977. The second-order valence-electron chi connectivity index (χ2n) is 6.89. The lowest BCUT2D eigenvalue weighted by Crippen LogP contribution is -2.38. The van der Waals surface area contributed by atoms with E-state index in [9.17, 15) is 22.0 Å². The Labute approximate surface area is 176 Å². The van der Waals surface area contributed by atoms with Crippen LogP contribution in [0.2, 0.25) is 0 Å². The quantitative estimate of drug-likeness (QED) is 0.650. The molecule has 6 nitrogen and oxygen atoms in total. The van der Waals surface area contributed by atoms with Gasteiger partial charge in [-0.3, -0.25) is 0 Å². The van der Waals surface area contributed by atoms with Crippen LogP contribution >= 0.6 is 0 Å². The molecule has 2 atom stereocenters. The van der Waals surface area contributed by atoms with Gasteiger partial charge in [-0.15, -0.1) is 0 Å². The third-order valence-corrected chi connectivity index (χ3v) is 6.93. The van der Waals surface area contributed by atoms with Crippen LogP contribution in [0.4, 0.5) is 13.6 Å². The zero-order valence-electron chi connectivity index (χ0n) is 17.4. The molecule has 0 fully saturated rings. The molecule has 0 spiro atoms. The van der Waals surface area contributed by atoms with Crippen LogP contribution in [0.25, 0.3) is 0 Å². The summed E-state index contributed by atoms with van der Waals surface area (Å²) in [6.07, 6.45) is 0. The third-order valence-electron chi connectivity index (χ3n) is 4.86. The number of hydrogen-bond donors (Lipinski definition) is 2. The summed E-state index contributed by atoms with van der Waals surface area (Å²) in [5.74, 6) is -1.93. The van der Waals surface area contributed by atoms with Crippen LogP contribution in [-0.2, 0) is 10.0 Å². The predicted molar refractivity (Wildman–Crippen MR) is 111 cm³/mol. The molecule has 0 aliphatic rings. The summed E-state index contributed by atoms with van der Waals surface area (Å²) in [6, 6.07) is 8.38. The fourth-order valence-electron chi connectivity index (χ4n) is 3.02. The highest BCUT2D eigenvalue weighted by atomic mass is 32.2. The lowest BCUT2D eigenvalue weighted by Gasteiger charge is -2.20. The standard InChI is InChI=1S/C21H27F2N3O3S/c1-5-26(6-2)30(28,29)18-10-7-16(8-11-18)14(3)24-21(27)25-15(4)17-9-12-19(22)20(23)13-17/h7-15H,5-6H2,1-4H3,(H2,24,25,27)/t14-,15-/m0/s1. The number of nitrogens with one attached hydrogen (secondary N) is 2. The van der Waals surface area contributed by atoms with Crippen molar-refractivity contribution in [2.75, 3.05) is 13.1 Å². The van der Waals surface area contributed by atoms with Gasteiger partial charge in [0.15, 0.2) is 11.6 Å². The van der Waals surface area contributed by atoms with Crippen molar-refractivity contribution in [1.82, 2.24) is 14.9 Å². The molecule has 0 heterocycles. The van der Waals surface area contributed by atoms with Gasteiger partial charge in [0.1, 0.15) is 0 Å². The molecule has 0 aliphatic heterocycles. The minimum atomic E-state index is -3.54. The SMILES string of the molecule is CCN(CC)S(=O)(=O)c1ccc([C@H](C)NC(=O)N[C@@H](C)c2ccc(F)c(F)c2)cc1. The van der Waals surface area contributed by atoms with Gasteiger partial charge in [-0.05, 0) is 49.2 Å². The van der Waals surface area contributed by atoms with E-state index < -0.39 is 39.8 Å². The molecule has 0 radical (unpaired) electrons. The molecule has 2 amide bonds. The lowest BCUT2D eigenvalue weighted by molar-refractivity contribution is 0.235. The van der Waals surface area contributed by atoms with E-state index in [1.54, 1.807) is 39.8 Å². The molecule has 2 aromatic carbocycles. The van der Waals surface area contributed by atoms with E-state index in [1.807, 2.05) is 0 Å². The number of nitrogens with zero attached hydrogens (tertiary/aromatic N) is 1. The molecule has 2 N–H and O–H groups in total. The molecule has 2 aromatic rings. The van der Waals surface area contributed by atoms with Gasteiger partial charge in [-0.25, -0.2) is 22.0 Å². The molecule has 0 aromatic heterocycles.